The lowest BCUT2D eigenvalue weighted by molar-refractivity contribution is -0.118. The van der Waals surface area contributed by atoms with Gasteiger partial charge in [-0.2, -0.15) is 0 Å². The second-order valence-electron chi connectivity index (χ2n) is 4.44. The molecule has 0 radical (unpaired) electrons. The summed E-state index contributed by atoms with van der Waals surface area (Å²) < 4.78 is 1.43. The van der Waals surface area contributed by atoms with Crippen LogP contribution in [0.3, 0.4) is 0 Å². The maximum atomic E-state index is 12.2. The number of H-pyrrole nitrogens is 1. The maximum Gasteiger partial charge on any atom is 0.260 e. The van der Waals surface area contributed by atoms with Crippen LogP contribution in [0, 0.1) is 4.77 Å². The first-order valence-corrected chi connectivity index (χ1v) is 6.79. The van der Waals surface area contributed by atoms with Crippen molar-refractivity contribution in [2.45, 2.75) is 6.92 Å². The zero-order chi connectivity index (χ0) is 16.1. The molecule has 0 aliphatic rings. The third kappa shape index (κ3) is 3.86. The molecule has 0 bridgehead atoms. The molecule has 112 valence electrons. The minimum atomic E-state index is -0.549. The molecular weight excluding hydrogens is 302 g/mol. The summed E-state index contributed by atoms with van der Waals surface area (Å²) in [5.41, 5.74) is 0.143. The number of amides is 1. The van der Waals surface area contributed by atoms with Gasteiger partial charge in [-0.25, -0.2) is 0 Å². The van der Waals surface area contributed by atoms with Crippen LogP contribution in [0.2, 0.25) is 0 Å². The van der Waals surface area contributed by atoms with Crippen molar-refractivity contribution in [3.8, 4) is 0 Å². The molecule has 0 spiro atoms. The van der Waals surface area contributed by atoms with Gasteiger partial charge in [0.05, 0.1) is 5.57 Å². The van der Waals surface area contributed by atoms with Gasteiger partial charge in [0, 0.05) is 24.2 Å². The lowest BCUT2D eigenvalue weighted by Crippen LogP contribution is -2.20. The quantitative estimate of drug-likeness (QED) is 0.391. The van der Waals surface area contributed by atoms with E-state index in [1.807, 2.05) is 6.07 Å². The van der Waals surface area contributed by atoms with Crippen LogP contribution in [-0.4, -0.2) is 21.2 Å². The van der Waals surface area contributed by atoms with Crippen LogP contribution >= 0.6 is 12.2 Å². The van der Waals surface area contributed by atoms with E-state index in [0.717, 1.165) is 0 Å². The highest BCUT2D eigenvalue weighted by atomic mass is 32.1. The molecule has 22 heavy (non-hydrogen) atoms. The number of nitrogens with zero attached hydrogens (tertiary/aromatic N) is 1. The van der Waals surface area contributed by atoms with E-state index >= 15 is 0 Å². The van der Waals surface area contributed by atoms with E-state index in [0.29, 0.717) is 5.69 Å². The third-order valence-electron chi connectivity index (χ3n) is 2.77. The minimum Gasteiger partial charge on any atom is -0.322 e. The monoisotopic (exact) mass is 315 g/mol. The third-order valence-corrected chi connectivity index (χ3v) is 3.09. The van der Waals surface area contributed by atoms with Gasteiger partial charge >= 0.3 is 0 Å². The number of ketones is 1. The number of para-hydroxylation sites is 1. The van der Waals surface area contributed by atoms with E-state index in [1.54, 1.807) is 24.3 Å². The molecule has 1 aromatic carbocycles. The molecule has 0 unspecified atom stereocenters. The van der Waals surface area contributed by atoms with Gasteiger partial charge in [0.25, 0.3) is 11.5 Å². The van der Waals surface area contributed by atoms with E-state index in [1.165, 1.54) is 30.0 Å². The Bertz CT molecular complexity index is 850. The highest BCUT2D eigenvalue weighted by molar-refractivity contribution is 7.71. The Labute approximate surface area is 131 Å². The number of aromatic amines is 1. The Morgan fingerprint density at radius 2 is 1.91 bits per heavy atom. The molecule has 7 heteroatoms. The van der Waals surface area contributed by atoms with Crippen molar-refractivity contribution in [1.82, 2.24) is 9.55 Å². The van der Waals surface area contributed by atoms with Crippen LogP contribution in [-0.2, 0) is 9.59 Å². The molecule has 0 saturated heterocycles. The Balaban J connectivity index is 2.35. The fourth-order valence-electron chi connectivity index (χ4n) is 1.70. The summed E-state index contributed by atoms with van der Waals surface area (Å²) in [7, 11) is 0. The molecular formula is C15H13N3O3S. The number of benzene rings is 1. The summed E-state index contributed by atoms with van der Waals surface area (Å²) in [6.07, 6.45) is 2.68. The summed E-state index contributed by atoms with van der Waals surface area (Å²) >= 11 is 4.98. The zero-order valence-electron chi connectivity index (χ0n) is 11.7. The second kappa shape index (κ2) is 6.77. The van der Waals surface area contributed by atoms with Gasteiger partial charge in [-0.05, 0) is 31.3 Å². The van der Waals surface area contributed by atoms with E-state index < -0.39 is 11.7 Å². The first kappa shape index (κ1) is 15.6. The predicted octanol–water partition coefficient (Wildman–Crippen LogP) is 1.97. The standard InChI is InChI=1S/C15H13N3O3S/c1-10(19)12(9-18-8-7-13(20)17-15(18)22)14(21)16-11-5-3-2-4-6-11/h2-9H,1H3,(H,16,21)(H,17,20,22)/b12-9+. The van der Waals surface area contributed by atoms with E-state index in [-0.39, 0.29) is 15.9 Å². The van der Waals surface area contributed by atoms with Gasteiger partial charge in [0.15, 0.2) is 10.6 Å². The largest absolute Gasteiger partial charge is 0.322 e. The van der Waals surface area contributed by atoms with Crippen molar-refractivity contribution in [3.63, 3.8) is 0 Å². The topological polar surface area (TPSA) is 84.0 Å². The molecule has 0 aliphatic heterocycles. The molecule has 2 N–H and O–H groups in total. The smallest absolute Gasteiger partial charge is 0.260 e. The first-order valence-electron chi connectivity index (χ1n) is 6.38. The van der Waals surface area contributed by atoms with Crippen LogP contribution in [0.5, 0.6) is 0 Å². The molecule has 2 aromatic rings. The highest BCUT2D eigenvalue weighted by Crippen LogP contribution is 2.09. The first-order chi connectivity index (χ1) is 10.5. The van der Waals surface area contributed by atoms with Gasteiger partial charge in [-0.15, -0.1) is 0 Å². The van der Waals surface area contributed by atoms with Gasteiger partial charge in [0.1, 0.15) is 0 Å². The Kier molecular flexibility index (Phi) is 4.80. The number of carbonyl (C=O) groups excluding carboxylic acids is 2. The van der Waals surface area contributed by atoms with Crippen LogP contribution in [0.15, 0.2) is 53.0 Å². The Hall–Kier alpha value is -2.80. The molecule has 2 rings (SSSR count). The molecule has 0 atom stereocenters. The predicted molar refractivity (Wildman–Crippen MR) is 85.9 cm³/mol. The van der Waals surface area contributed by atoms with Crippen molar-refractivity contribution in [2.75, 3.05) is 5.32 Å². The van der Waals surface area contributed by atoms with Crippen LogP contribution in [0.25, 0.3) is 6.20 Å². The van der Waals surface area contributed by atoms with Crippen molar-refractivity contribution in [3.05, 3.63) is 63.3 Å². The van der Waals surface area contributed by atoms with Gasteiger partial charge in [-0.1, -0.05) is 18.2 Å². The molecule has 1 amide bonds. The number of carbonyl (C=O) groups is 2. The fraction of sp³-hybridized carbons (Fsp3) is 0.0667. The molecule has 0 fully saturated rings. The lowest BCUT2D eigenvalue weighted by atomic mass is 10.2. The minimum absolute atomic E-state index is 0.0768. The molecule has 0 saturated carbocycles. The molecule has 1 aromatic heterocycles. The molecule has 1 heterocycles. The number of hydrogen-bond acceptors (Lipinski definition) is 4. The van der Waals surface area contributed by atoms with Gasteiger partial charge in [-0.3, -0.25) is 23.9 Å². The number of hydrogen-bond donors (Lipinski definition) is 2. The Morgan fingerprint density at radius 1 is 1.23 bits per heavy atom. The lowest BCUT2D eigenvalue weighted by Gasteiger charge is -2.07. The van der Waals surface area contributed by atoms with Gasteiger partial charge in [0.2, 0.25) is 0 Å². The average Bonchev–Trinajstić information content (AvgIpc) is 2.47. The van der Waals surface area contributed by atoms with E-state index in [2.05, 4.69) is 10.3 Å². The number of nitrogens with one attached hydrogen (secondary N) is 2. The summed E-state index contributed by atoms with van der Waals surface area (Å²) in [4.78, 5) is 37.5. The number of rotatable bonds is 4. The zero-order valence-corrected chi connectivity index (χ0v) is 12.5. The SMILES string of the molecule is CC(=O)/C(=C\n1ccc(=O)[nH]c1=S)C(=O)Nc1ccccc1. The van der Waals surface area contributed by atoms with Crippen molar-refractivity contribution >= 4 is 35.8 Å². The van der Waals surface area contributed by atoms with Crippen LogP contribution in [0.1, 0.15) is 6.92 Å². The summed E-state index contributed by atoms with van der Waals surface area (Å²) in [6.45, 7) is 1.28. The van der Waals surface area contributed by atoms with E-state index in [9.17, 15) is 14.4 Å². The maximum absolute atomic E-state index is 12.2. The summed E-state index contributed by atoms with van der Waals surface area (Å²) in [5, 5.41) is 2.63. The summed E-state index contributed by atoms with van der Waals surface area (Å²) in [6, 6.07) is 10.0. The van der Waals surface area contributed by atoms with Gasteiger partial charge < -0.3 is 5.32 Å². The van der Waals surface area contributed by atoms with Crippen molar-refractivity contribution in [2.24, 2.45) is 0 Å². The highest BCUT2D eigenvalue weighted by Gasteiger charge is 2.15. The number of aromatic nitrogens is 2. The van der Waals surface area contributed by atoms with E-state index in [4.69, 9.17) is 12.2 Å². The fourth-order valence-corrected chi connectivity index (χ4v) is 1.91. The number of anilines is 1. The van der Waals surface area contributed by atoms with Crippen LogP contribution in [0.4, 0.5) is 5.69 Å². The number of Topliss-reactive ketones (excluding diaryl/α,β-unsaturated/α-hetero) is 1. The second-order valence-corrected chi connectivity index (χ2v) is 4.82. The van der Waals surface area contributed by atoms with Crippen molar-refractivity contribution < 1.29 is 9.59 Å². The van der Waals surface area contributed by atoms with Crippen LogP contribution < -0.4 is 10.9 Å². The molecule has 6 nitrogen and oxygen atoms in total. The summed E-state index contributed by atoms with van der Waals surface area (Å²) in [5.74, 6) is -0.965. The Morgan fingerprint density at radius 3 is 2.50 bits per heavy atom. The van der Waals surface area contributed by atoms with Crippen molar-refractivity contribution in [1.29, 1.82) is 0 Å². The average molecular weight is 315 g/mol. The molecule has 0 aliphatic carbocycles. The normalized spacial score (nSPS) is 11.0.